The van der Waals surface area contributed by atoms with Crippen LogP contribution in [0.1, 0.15) is 23.7 Å². The number of hydrazine groups is 1. The molecular weight excluding hydrogens is 448 g/mol. The van der Waals surface area contributed by atoms with Crippen molar-refractivity contribution in [1.29, 1.82) is 0 Å². The molecule has 1 heterocycles. The second-order valence-corrected chi connectivity index (χ2v) is 7.21. The number of para-hydroxylation sites is 3. The van der Waals surface area contributed by atoms with E-state index in [4.69, 9.17) is 9.47 Å². The Hall–Kier alpha value is -4.48. The Balaban J connectivity index is 1.53. The molecule has 0 saturated carbocycles. The van der Waals surface area contributed by atoms with Gasteiger partial charge in [0.15, 0.2) is 6.61 Å². The maximum absolute atomic E-state index is 12.4. The molecular formula is C22H22N4O8. The fourth-order valence-electron chi connectivity index (χ4n) is 3.27. The molecule has 3 amide bonds. The van der Waals surface area contributed by atoms with E-state index in [0.29, 0.717) is 18.0 Å². The van der Waals surface area contributed by atoms with Crippen molar-refractivity contribution in [1.82, 2.24) is 10.4 Å². The number of hydrogen-bond donors (Lipinski definition) is 2. The van der Waals surface area contributed by atoms with E-state index in [0.717, 1.165) is 5.01 Å². The summed E-state index contributed by atoms with van der Waals surface area (Å²) < 4.78 is 10.4. The Bertz CT molecular complexity index is 1120. The lowest BCUT2D eigenvalue weighted by molar-refractivity contribution is -0.385. The van der Waals surface area contributed by atoms with Crippen molar-refractivity contribution in [2.24, 2.45) is 5.92 Å². The maximum atomic E-state index is 12.4. The number of nitro groups is 1. The highest BCUT2D eigenvalue weighted by Crippen LogP contribution is 2.24. The maximum Gasteiger partial charge on any atom is 0.311 e. The average molecular weight is 470 g/mol. The second kappa shape index (κ2) is 10.9. The van der Waals surface area contributed by atoms with Crippen LogP contribution in [0.2, 0.25) is 0 Å². The van der Waals surface area contributed by atoms with Crippen molar-refractivity contribution in [2.45, 2.75) is 13.3 Å². The highest BCUT2D eigenvalue weighted by atomic mass is 16.6. The summed E-state index contributed by atoms with van der Waals surface area (Å²) in [7, 11) is 0. The van der Waals surface area contributed by atoms with Gasteiger partial charge in [0.1, 0.15) is 11.3 Å². The average Bonchev–Trinajstić information content (AvgIpc) is 3.19. The van der Waals surface area contributed by atoms with Gasteiger partial charge in [-0.1, -0.05) is 24.3 Å². The van der Waals surface area contributed by atoms with Crippen LogP contribution in [0.15, 0.2) is 48.5 Å². The normalized spacial score (nSPS) is 14.9. The lowest BCUT2D eigenvalue weighted by Crippen LogP contribution is -2.43. The van der Waals surface area contributed by atoms with Gasteiger partial charge in [-0.15, -0.1) is 0 Å². The van der Waals surface area contributed by atoms with E-state index in [1.807, 2.05) is 0 Å². The van der Waals surface area contributed by atoms with Crippen LogP contribution >= 0.6 is 0 Å². The fourth-order valence-corrected chi connectivity index (χ4v) is 3.27. The van der Waals surface area contributed by atoms with Gasteiger partial charge in [-0.2, -0.15) is 0 Å². The molecule has 3 rings (SSSR count). The van der Waals surface area contributed by atoms with Crippen molar-refractivity contribution in [3.8, 4) is 5.75 Å². The van der Waals surface area contributed by atoms with Crippen LogP contribution in [0.25, 0.3) is 0 Å². The van der Waals surface area contributed by atoms with E-state index in [1.165, 1.54) is 24.3 Å². The molecule has 2 N–H and O–H groups in total. The van der Waals surface area contributed by atoms with Crippen LogP contribution in [0, 0.1) is 16.0 Å². The van der Waals surface area contributed by atoms with Gasteiger partial charge < -0.3 is 14.8 Å². The van der Waals surface area contributed by atoms with Crippen LogP contribution in [0.5, 0.6) is 5.75 Å². The number of nitro benzene ring substituents is 1. The molecule has 2 aromatic carbocycles. The number of benzene rings is 2. The van der Waals surface area contributed by atoms with Crippen molar-refractivity contribution >= 4 is 35.1 Å². The van der Waals surface area contributed by atoms with Crippen molar-refractivity contribution in [3.63, 3.8) is 0 Å². The zero-order chi connectivity index (χ0) is 24.7. The lowest BCUT2D eigenvalue weighted by Gasteiger charge is -2.17. The van der Waals surface area contributed by atoms with Gasteiger partial charge in [0, 0.05) is 12.5 Å². The van der Waals surface area contributed by atoms with Gasteiger partial charge >= 0.3 is 5.97 Å². The minimum Gasteiger partial charge on any atom is -0.492 e. The largest absolute Gasteiger partial charge is 0.492 e. The number of nitrogens with zero attached hydrogens (tertiary/aromatic N) is 2. The Kier molecular flexibility index (Phi) is 7.75. The first kappa shape index (κ1) is 24.2. The summed E-state index contributed by atoms with van der Waals surface area (Å²) in [5.74, 6) is -3.25. The van der Waals surface area contributed by atoms with Crippen molar-refractivity contribution in [3.05, 3.63) is 64.2 Å². The minimum atomic E-state index is -0.915. The third-order valence-corrected chi connectivity index (χ3v) is 4.85. The topological polar surface area (TPSA) is 157 Å². The molecule has 178 valence electrons. The Labute approximate surface area is 193 Å². The number of nitrogens with one attached hydrogen (secondary N) is 2. The highest BCUT2D eigenvalue weighted by molar-refractivity contribution is 5.99. The molecule has 0 radical (unpaired) electrons. The van der Waals surface area contributed by atoms with Gasteiger partial charge in [-0.25, -0.2) is 0 Å². The number of carbonyl (C=O) groups is 4. The first-order chi connectivity index (χ1) is 16.3. The van der Waals surface area contributed by atoms with E-state index in [-0.39, 0.29) is 18.5 Å². The van der Waals surface area contributed by atoms with E-state index in [9.17, 15) is 29.3 Å². The molecule has 12 nitrogen and oxygen atoms in total. The molecule has 0 bridgehead atoms. The van der Waals surface area contributed by atoms with Crippen LogP contribution in [-0.4, -0.2) is 53.4 Å². The van der Waals surface area contributed by atoms with Gasteiger partial charge in [0.05, 0.1) is 29.7 Å². The monoisotopic (exact) mass is 470 g/mol. The molecule has 1 atom stereocenters. The standard InChI is InChI=1S/C22H22N4O8/c1-2-33-18-10-6-4-8-16(18)23-19(27)13-34-22(30)14-11-20(28)25(12-14)24-21(29)15-7-3-5-9-17(15)26(31)32/h3-10,14H,2,11-13H2,1H3,(H,23,27)(H,24,29)/t14-/m1/s1. The molecule has 1 aliphatic heterocycles. The molecule has 1 aliphatic rings. The summed E-state index contributed by atoms with van der Waals surface area (Å²) in [6, 6.07) is 12.1. The van der Waals surface area contributed by atoms with Crippen LogP contribution < -0.4 is 15.5 Å². The Morgan fingerprint density at radius 2 is 1.85 bits per heavy atom. The number of ether oxygens (including phenoxy) is 2. The van der Waals surface area contributed by atoms with Crippen molar-refractivity contribution in [2.75, 3.05) is 25.1 Å². The Morgan fingerprint density at radius 3 is 2.59 bits per heavy atom. The summed E-state index contributed by atoms with van der Waals surface area (Å²) >= 11 is 0. The number of anilines is 1. The third kappa shape index (κ3) is 5.85. The molecule has 12 heteroatoms. The fraction of sp³-hybridized carbons (Fsp3) is 0.273. The zero-order valence-electron chi connectivity index (χ0n) is 18.2. The van der Waals surface area contributed by atoms with Crippen LogP contribution in [0.3, 0.4) is 0 Å². The van der Waals surface area contributed by atoms with E-state index >= 15 is 0 Å². The Morgan fingerprint density at radius 1 is 1.15 bits per heavy atom. The number of rotatable bonds is 9. The highest BCUT2D eigenvalue weighted by Gasteiger charge is 2.37. The summed E-state index contributed by atoms with van der Waals surface area (Å²) in [5, 5.41) is 14.6. The van der Waals surface area contributed by atoms with Crippen LogP contribution in [-0.2, 0) is 19.1 Å². The predicted molar refractivity (Wildman–Crippen MR) is 118 cm³/mol. The van der Waals surface area contributed by atoms with E-state index < -0.39 is 46.8 Å². The lowest BCUT2D eigenvalue weighted by atomic mass is 10.1. The molecule has 0 aromatic heterocycles. The molecule has 2 aromatic rings. The SMILES string of the molecule is CCOc1ccccc1NC(=O)COC(=O)[C@@H]1CC(=O)N(NC(=O)c2ccccc2[N+](=O)[O-])C1. The molecule has 1 saturated heterocycles. The quantitative estimate of drug-likeness (QED) is 0.318. The molecule has 1 fully saturated rings. The summed E-state index contributed by atoms with van der Waals surface area (Å²) in [6.07, 6.45) is -0.245. The predicted octanol–water partition coefficient (Wildman–Crippen LogP) is 1.67. The van der Waals surface area contributed by atoms with Gasteiger partial charge in [-0.05, 0) is 25.1 Å². The van der Waals surface area contributed by atoms with Gasteiger partial charge in [0.25, 0.3) is 17.5 Å². The first-order valence-corrected chi connectivity index (χ1v) is 10.3. The third-order valence-electron chi connectivity index (χ3n) is 4.85. The molecule has 0 unspecified atom stereocenters. The first-order valence-electron chi connectivity index (χ1n) is 10.3. The van der Waals surface area contributed by atoms with Gasteiger partial charge in [-0.3, -0.25) is 39.7 Å². The molecule has 0 aliphatic carbocycles. The molecule has 34 heavy (non-hydrogen) atoms. The zero-order valence-corrected chi connectivity index (χ0v) is 18.2. The minimum absolute atomic E-state index is 0.196. The summed E-state index contributed by atoms with van der Waals surface area (Å²) in [4.78, 5) is 59.6. The molecule has 0 spiro atoms. The summed E-state index contributed by atoms with van der Waals surface area (Å²) in [6.45, 7) is 1.43. The van der Waals surface area contributed by atoms with Crippen molar-refractivity contribution < 1.29 is 33.6 Å². The van der Waals surface area contributed by atoms with E-state index in [1.54, 1.807) is 31.2 Å². The number of carbonyl (C=O) groups excluding carboxylic acids is 4. The smallest absolute Gasteiger partial charge is 0.311 e. The summed E-state index contributed by atoms with van der Waals surface area (Å²) in [5.41, 5.74) is 2.06. The number of amides is 3. The second-order valence-electron chi connectivity index (χ2n) is 7.21. The number of hydrogen-bond acceptors (Lipinski definition) is 8. The van der Waals surface area contributed by atoms with E-state index in [2.05, 4.69) is 10.7 Å². The van der Waals surface area contributed by atoms with Crippen LogP contribution in [0.4, 0.5) is 11.4 Å². The number of esters is 1. The van der Waals surface area contributed by atoms with Gasteiger partial charge in [0.2, 0.25) is 5.91 Å².